The first-order valence-corrected chi connectivity index (χ1v) is 9.96. The van der Waals surface area contributed by atoms with Gasteiger partial charge in [0.25, 0.3) is 0 Å². The van der Waals surface area contributed by atoms with Crippen LogP contribution in [0.4, 0.5) is 0 Å². The van der Waals surface area contributed by atoms with Crippen LogP contribution in [0, 0.1) is 12.8 Å². The van der Waals surface area contributed by atoms with E-state index in [9.17, 15) is 4.79 Å². The Hall–Kier alpha value is -0.940. The summed E-state index contributed by atoms with van der Waals surface area (Å²) in [5, 5.41) is 4.33. The predicted octanol–water partition coefficient (Wildman–Crippen LogP) is 3.28. The van der Waals surface area contributed by atoms with Crippen molar-refractivity contribution in [1.29, 1.82) is 0 Å². The molecule has 1 atom stereocenters. The van der Waals surface area contributed by atoms with Crippen LogP contribution in [-0.4, -0.2) is 34.9 Å². The quantitative estimate of drug-likeness (QED) is 0.898. The van der Waals surface area contributed by atoms with E-state index in [0.29, 0.717) is 6.54 Å². The summed E-state index contributed by atoms with van der Waals surface area (Å²) in [6, 6.07) is 0.737. The summed E-state index contributed by atoms with van der Waals surface area (Å²) in [6.45, 7) is 6.95. The van der Waals surface area contributed by atoms with Crippen molar-refractivity contribution in [1.82, 2.24) is 15.2 Å². The van der Waals surface area contributed by atoms with Crippen LogP contribution in [0.15, 0.2) is 0 Å². The minimum absolute atomic E-state index is 0.170. The van der Waals surface area contributed by atoms with Crippen molar-refractivity contribution in [2.45, 2.75) is 71.4 Å². The first-order chi connectivity index (χ1) is 11.2. The Morgan fingerprint density at radius 2 is 2.09 bits per heavy atom. The Morgan fingerprint density at radius 3 is 2.78 bits per heavy atom. The highest BCUT2D eigenvalue weighted by Crippen LogP contribution is 2.28. The lowest BCUT2D eigenvalue weighted by atomic mass is 9.95. The highest BCUT2D eigenvalue weighted by molar-refractivity contribution is 7.11. The zero-order valence-electron chi connectivity index (χ0n) is 14.4. The van der Waals surface area contributed by atoms with Gasteiger partial charge in [-0.2, -0.15) is 0 Å². The average Bonchev–Trinajstić information content (AvgIpc) is 3.22. The highest BCUT2D eigenvalue weighted by atomic mass is 32.1. The van der Waals surface area contributed by atoms with Crippen LogP contribution in [0.3, 0.4) is 0 Å². The zero-order valence-corrected chi connectivity index (χ0v) is 15.3. The lowest BCUT2D eigenvalue weighted by Gasteiger charge is -2.36. The molecule has 2 fully saturated rings. The van der Waals surface area contributed by atoms with Crippen LogP contribution in [0.25, 0.3) is 0 Å². The fourth-order valence-electron chi connectivity index (χ4n) is 3.94. The smallest absolute Gasteiger partial charge is 0.224 e. The van der Waals surface area contributed by atoms with Crippen LogP contribution in [0.2, 0.25) is 0 Å². The Balaban J connectivity index is 1.51. The molecule has 1 aliphatic carbocycles. The number of aromatic nitrogens is 1. The average molecular weight is 336 g/mol. The van der Waals surface area contributed by atoms with E-state index < -0.39 is 0 Å². The molecule has 1 aromatic rings. The number of rotatable bonds is 5. The van der Waals surface area contributed by atoms with Gasteiger partial charge in [0.1, 0.15) is 0 Å². The van der Waals surface area contributed by atoms with Crippen LogP contribution >= 0.6 is 11.3 Å². The van der Waals surface area contributed by atoms with Crippen molar-refractivity contribution in [2.75, 3.05) is 13.1 Å². The number of carbonyl (C=O) groups is 1. The van der Waals surface area contributed by atoms with E-state index in [1.807, 2.05) is 6.92 Å². The van der Waals surface area contributed by atoms with E-state index in [4.69, 9.17) is 0 Å². The summed E-state index contributed by atoms with van der Waals surface area (Å²) >= 11 is 1.73. The molecule has 1 saturated heterocycles. The molecule has 2 heterocycles. The third-order valence-corrected chi connectivity index (χ3v) is 6.63. The van der Waals surface area contributed by atoms with Gasteiger partial charge < -0.3 is 5.32 Å². The van der Waals surface area contributed by atoms with E-state index >= 15 is 0 Å². The largest absolute Gasteiger partial charge is 0.351 e. The summed E-state index contributed by atoms with van der Waals surface area (Å²) < 4.78 is 0. The summed E-state index contributed by atoms with van der Waals surface area (Å²) in [7, 11) is 0. The van der Waals surface area contributed by atoms with E-state index in [-0.39, 0.29) is 11.8 Å². The van der Waals surface area contributed by atoms with Crippen LogP contribution in [-0.2, 0) is 17.8 Å². The van der Waals surface area contributed by atoms with E-state index in [1.54, 1.807) is 11.3 Å². The highest BCUT2D eigenvalue weighted by Gasteiger charge is 2.30. The summed E-state index contributed by atoms with van der Waals surface area (Å²) in [5.74, 6) is 0.404. The topological polar surface area (TPSA) is 45.2 Å². The predicted molar refractivity (Wildman–Crippen MR) is 94.6 cm³/mol. The molecule has 128 valence electrons. The van der Waals surface area contributed by atoms with Gasteiger partial charge in [0.05, 0.1) is 23.2 Å². The zero-order chi connectivity index (χ0) is 16.2. The number of thiazole rings is 1. The Bertz CT molecular complexity index is 536. The molecular formula is C18H29N3OS. The Labute approximate surface area is 143 Å². The fourth-order valence-corrected chi connectivity index (χ4v) is 4.89. The summed E-state index contributed by atoms with van der Waals surface area (Å²) in [5.41, 5.74) is 1.07. The second-order valence-electron chi connectivity index (χ2n) is 6.96. The van der Waals surface area contributed by atoms with Crippen molar-refractivity contribution in [3.8, 4) is 0 Å². The molecule has 1 amide bonds. The third kappa shape index (κ3) is 4.13. The molecular weight excluding hydrogens is 306 g/mol. The molecule has 1 aromatic heterocycles. The number of aryl methyl sites for hydroxylation is 2. The van der Waals surface area contributed by atoms with Gasteiger partial charge in [0.2, 0.25) is 5.91 Å². The van der Waals surface area contributed by atoms with Crippen molar-refractivity contribution >= 4 is 17.2 Å². The summed E-state index contributed by atoms with van der Waals surface area (Å²) in [6.07, 6.45) is 8.55. The van der Waals surface area contributed by atoms with Crippen LogP contribution in [0.1, 0.15) is 61.0 Å². The number of carbonyl (C=O) groups excluding carboxylic acids is 1. The molecule has 0 spiro atoms. The van der Waals surface area contributed by atoms with Gasteiger partial charge in [-0.1, -0.05) is 19.8 Å². The maximum Gasteiger partial charge on any atom is 0.224 e. The van der Waals surface area contributed by atoms with Crippen LogP contribution < -0.4 is 5.32 Å². The lowest BCUT2D eigenvalue weighted by molar-refractivity contribution is -0.127. The van der Waals surface area contributed by atoms with Gasteiger partial charge in [-0.15, -0.1) is 11.3 Å². The molecule has 23 heavy (non-hydrogen) atoms. The molecule has 0 aromatic carbocycles. The number of nitrogens with one attached hydrogen (secondary N) is 1. The third-order valence-electron chi connectivity index (χ3n) is 5.33. The molecule has 2 aliphatic rings. The Kier molecular flexibility index (Phi) is 5.70. The van der Waals surface area contributed by atoms with Crippen molar-refractivity contribution in [2.24, 2.45) is 5.92 Å². The van der Waals surface area contributed by atoms with Gasteiger partial charge in [0, 0.05) is 17.5 Å². The fraction of sp³-hybridized carbons (Fsp3) is 0.778. The van der Waals surface area contributed by atoms with Gasteiger partial charge >= 0.3 is 0 Å². The second-order valence-corrected chi connectivity index (χ2v) is 8.13. The van der Waals surface area contributed by atoms with Gasteiger partial charge in [-0.25, -0.2) is 4.98 Å². The first kappa shape index (κ1) is 16.9. The van der Waals surface area contributed by atoms with Gasteiger partial charge in [-0.3, -0.25) is 9.69 Å². The van der Waals surface area contributed by atoms with Crippen molar-refractivity contribution in [3.63, 3.8) is 0 Å². The molecule has 3 rings (SSSR count). The summed E-state index contributed by atoms with van der Waals surface area (Å²) in [4.78, 5) is 20.9. The number of hydrogen-bond donors (Lipinski definition) is 1. The van der Waals surface area contributed by atoms with Gasteiger partial charge in [0.15, 0.2) is 0 Å². The first-order valence-electron chi connectivity index (χ1n) is 9.14. The molecule has 4 nitrogen and oxygen atoms in total. The van der Waals surface area contributed by atoms with E-state index in [1.165, 1.54) is 37.1 Å². The molecule has 5 heteroatoms. The molecule has 1 N–H and O–H groups in total. The van der Waals surface area contributed by atoms with E-state index in [0.717, 1.165) is 42.6 Å². The molecule has 0 bridgehead atoms. The number of hydrogen-bond acceptors (Lipinski definition) is 4. The normalized spacial score (nSPS) is 23.3. The van der Waals surface area contributed by atoms with E-state index in [2.05, 4.69) is 22.1 Å². The number of piperidine rings is 1. The van der Waals surface area contributed by atoms with Crippen LogP contribution in [0.5, 0.6) is 0 Å². The van der Waals surface area contributed by atoms with Gasteiger partial charge in [-0.05, 0) is 45.6 Å². The Morgan fingerprint density at radius 1 is 1.30 bits per heavy atom. The minimum Gasteiger partial charge on any atom is -0.351 e. The second kappa shape index (κ2) is 7.75. The number of nitrogens with zero attached hydrogens (tertiary/aromatic N) is 2. The van der Waals surface area contributed by atoms with Crippen molar-refractivity contribution < 1.29 is 4.79 Å². The monoisotopic (exact) mass is 335 g/mol. The molecule has 1 aliphatic heterocycles. The SMILES string of the molecule is CCc1nc(C)c(CNC(=O)C2CCCN(C3CCCC3)C2)s1. The van der Waals surface area contributed by atoms with Crippen molar-refractivity contribution in [3.05, 3.63) is 15.6 Å². The maximum atomic E-state index is 12.6. The number of amides is 1. The standard InChI is InChI=1S/C18H29N3OS/c1-3-17-20-13(2)16(23-17)11-19-18(22)14-7-6-10-21(12-14)15-8-4-5-9-15/h14-15H,3-12H2,1-2H3,(H,19,22). The minimum atomic E-state index is 0.170. The lowest BCUT2D eigenvalue weighted by Crippen LogP contribution is -2.46. The molecule has 1 unspecified atom stereocenters. The molecule has 0 radical (unpaired) electrons. The molecule has 1 saturated carbocycles. The maximum absolute atomic E-state index is 12.6. The number of likely N-dealkylation sites (tertiary alicyclic amines) is 1.